The summed E-state index contributed by atoms with van der Waals surface area (Å²) in [6, 6.07) is 1.34. The lowest BCUT2D eigenvalue weighted by Crippen LogP contribution is -2.57. The lowest BCUT2D eigenvalue weighted by molar-refractivity contribution is -0.138. The Labute approximate surface area is 127 Å². The summed E-state index contributed by atoms with van der Waals surface area (Å²) < 4.78 is 1.56. The number of hydrogen-bond acceptors (Lipinski definition) is 5. The van der Waals surface area contributed by atoms with Crippen molar-refractivity contribution in [3.63, 3.8) is 0 Å². The summed E-state index contributed by atoms with van der Waals surface area (Å²) in [5.41, 5.74) is 0.806. The molecule has 8 nitrogen and oxygen atoms in total. The highest BCUT2D eigenvalue weighted by Crippen LogP contribution is 2.16. The zero-order valence-corrected chi connectivity index (χ0v) is 12.9. The third-order valence-corrected chi connectivity index (χ3v) is 3.97. The Balaban J connectivity index is 1.96. The van der Waals surface area contributed by atoms with E-state index >= 15 is 0 Å². The molecular formula is C14H18N6O2. The van der Waals surface area contributed by atoms with Gasteiger partial charge in [0.15, 0.2) is 0 Å². The molecule has 1 aliphatic heterocycles. The zero-order valence-electron chi connectivity index (χ0n) is 12.9. The predicted molar refractivity (Wildman–Crippen MR) is 78.3 cm³/mol. The van der Waals surface area contributed by atoms with Crippen LogP contribution >= 0.6 is 0 Å². The van der Waals surface area contributed by atoms with Crippen LogP contribution in [0.15, 0.2) is 12.3 Å². The van der Waals surface area contributed by atoms with E-state index in [1.165, 1.54) is 0 Å². The van der Waals surface area contributed by atoms with Crippen molar-refractivity contribution < 1.29 is 9.59 Å². The molecule has 3 heterocycles. The largest absolute Gasteiger partial charge is 0.342 e. The molecule has 0 aromatic carbocycles. The van der Waals surface area contributed by atoms with Gasteiger partial charge < -0.3 is 9.80 Å². The number of amides is 2. The maximum absolute atomic E-state index is 12.8. The van der Waals surface area contributed by atoms with Crippen LogP contribution in [0.4, 0.5) is 0 Å². The van der Waals surface area contributed by atoms with Crippen LogP contribution in [0.2, 0.25) is 0 Å². The summed E-state index contributed by atoms with van der Waals surface area (Å²) in [4.78, 5) is 32.5. The van der Waals surface area contributed by atoms with Crippen LogP contribution in [0.5, 0.6) is 0 Å². The number of aromatic nitrogens is 4. The molecule has 2 aromatic rings. The fourth-order valence-corrected chi connectivity index (χ4v) is 2.70. The molecular weight excluding hydrogens is 284 g/mol. The topological polar surface area (TPSA) is 83.7 Å². The Morgan fingerprint density at radius 2 is 2.14 bits per heavy atom. The highest BCUT2D eigenvalue weighted by atomic mass is 16.2. The normalized spacial score (nSPS) is 19.0. The third kappa shape index (κ3) is 2.20. The van der Waals surface area contributed by atoms with E-state index < -0.39 is 6.04 Å². The Morgan fingerprint density at radius 1 is 1.36 bits per heavy atom. The molecule has 1 atom stereocenters. The van der Waals surface area contributed by atoms with E-state index in [0.717, 1.165) is 5.69 Å². The van der Waals surface area contributed by atoms with Crippen LogP contribution in [-0.2, 0) is 4.79 Å². The molecule has 116 valence electrons. The number of rotatable bonds is 2. The quantitative estimate of drug-likeness (QED) is 0.787. The number of piperazine rings is 1. The van der Waals surface area contributed by atoms with Gasteiger partial charge in [-0.1, -0.05) is 6.92 Å². The first kappa shape index (κ1) is 14.4. The number of aryl methyl sites for hydroxylation is 1. The maximum Gasteiger partial charge on any atom is 0.292 e. The Hall–Kier alpha value is -2.51. The molecule has 1 aliphatic rings. The van der Waals surface area contributed by atoms with Crippen LogP contribution in [0.1, 0.15) is 29.7 Å². The number of hydrogen-bond donors (Lipinski definition) is 0. The molecule has 1 saturated heterocycles. The van der Waals surface area contributed by atoms with Crippen LogP contribution < -0.4 is 0 Å². The van der Waals surface area contributed by atoms with E-state index in [-0.39, 0.29) is 17.6 Å². The minimum Gasteiger partial charge on any atom is -0.342 e. The molecule has 2 aromatic heterocycles. The highest BCUT2D eigenvalue weighted by Gasteiger charge is 2.36. The van der Waals surface area contributed by atoms with Crippen molar-refractivity contribution >= 4 is 17.6 Å². The molecule has 3 rings (SSSR count). The van der Waals surface area contributed by atoms with Crippen molar-refractivity contribution in [1.82, 2.24) is 29.4 Å². The average molecular weight is 302 g/mol. The fourth-order valence-electron chi connectivity index (χ4n) is 2.70. The third-order valence-electron chi connectivity index (χ3n) is 3.97. The number of carbonyl (C=O) groups is 2. The summed E-state index contributed by atoms with van der Waals surface area (Å²) in [6.45, 7) is 4.76. The molecule has 2 amide bonds. The molecule has 0 N–H and O–H groups in total. The van der Waals surface area contributed by atoms with Gasteiger partial charge in [0, 0.05) is 32.0 Å². The zero-order chi connectivity index (χ0) is 15.9. The van der Waals surface area contributed by atoms with Crippen molar-refractivity contribution in [3.05, 3.63) is 23.8 Å². The van der Waals surface area contributed by atoms with Gasteiger partial charge in [0.2, 0.25) is 11.7 Å². The van der Waals surface area contributed by atoms with E-state index in [9.17, 15) is 9.59 Å². The average Bonchev–Trinajstić information content (AvgIpc) is 2.92. The second-order valence-corrected chi connectivity index (χ2v) is 5.44. The summed E-state index contributed by atoms with van der Waals surface area (Å²) in [5.74, 6) is 0.256. The van der Waals surface area contributed by atoms with E-state index in [1.807, 2.05) is 13.8 Å². The first-order valence-electron chi connectivity index (χ1n) is 7.27. The van der Waals surface area contributed by atoms with Crippen LogP contribution in [-0.4, -0.2) is 67.4 Å². The van der Waals surface area contributed by atoms with Gasteiger partial charge in [0.25, 0.3) is 11.7 Å². The van der Waals surface area contributed by atoms with Crippen molar-refractivity contribution in [1.29, 1.82) is 0 Å². The van der Waals surface area contributed by atoms with Crippen molar-refractivity contribution in [2.45, 2.75) is 26.3 Å². The molecule has 0 bridgehead atoms. The standard InChI is InChI=1S/C14H18N6O2/c1-4-10-12(21)18(3)7-8-19(10)13(22)11-16-17-14-15-9(2)5-6-20(11)14/h5-6,10H,4,7-8H2,1-3H3. The van der Waals surface area contributed by atoms with Gasteiger partial charge >= 0.3 is 0 Å². The van der Waals surface area contributed by atoms with E-state index in [1.54, 1.807) is 33.5 Å². The number of nitrogens with zero attached hydrogens (tertiary/aromatic N) is 6. The first-order valence-corrected chi connectivity index (χ1v) is 7.27. The molecule has 1 fully saturated rings. The van der Waals surface area contributed by atoms with Gasteiger partial charge in [-0.25, -0.2) is 4.98 Å². The van der Waals surface area contributed by atoms with Crippen molar-refractivity contribution in [2.75, 3.05) is 20.1 Å². The van der Waals surface area contributed by atoms with Crippen molar-refractivity contribution in [3.8, 4) is 0 Å². The predicted octanol–water partition coefficient (Wildman–Crippen LogP) is 0.126. The minimum absolute atomic E-state index is 0.0371. The molecule has 0 spiro atoms. The molecule has 22 heavy (non-hydrogen) atoms. The first-order chi connectivity index (χ1) is 10.5. The van der Waals surface area contributed by atoms with Gasteiger partial charge in [0.1, 0.15) is 6.04 Å². The Kier molecular flexibility index (Phi) is 3.51. The Bertz CT molecular complexity index is 740. The van der Waals surface area contributed by atoms with Gasteiger partial charge in [0.05, 0.1) is 0 Å². The minimum atomic E-state index is -0.447. The van der Waals surface area contributed by atoms with Gasteiger partial charge in [-0.2, -0.15) is 0 Å². The highest BCUT2D eigenvalue weighted by molar-refractivity contribution is 5.96. The van der Waals surface area contributed by atoms with Crippen LogP contribution in [0.3, 0.4) is 0 Å². The molecule has 1 unspecified atom stereocenters. The second kappa shape index (κ2) is 5.36. The van der Waals surface area contributed by atoms with E-state index in [4.69, 9.17) is 0 Å². The van der Waals surface area contributed by atoms with Gasteiger partial charge in [-0.05, 0) is 19.4 Å². The van der Waals surface area contributed by atoms with E-state index in [0.29, 0.717) is 25.3 Å². The number of carbonyl (C=O) groups excluding carboxylic acids is 2. The SMILES string of the molecule is CCC1C(=O)N(C)CCN1C(=O)c1nnc2nc(C)ccn12. The van der Waals surface area contributed by atoms with Crippen LogP contribution in [0.25, 0.3) is 5.78 Å². The van der Waals surface area contributed by atoms with E-state index in [2.05, 4.69) is 15.2 Å². The monoisotopic (exact) mass is 302 g/mol. The number of likely N-dealkylation sites (N-methyl/N-ethyl adjacent to an activating group) is 1. The molecule has 8 heteroatoms. The lowest BCUT2D eigenvalue weighted by Gasteiger charge is -2.38. The molecule has 0 saturated carbocycles. The summed E-state index contributed by atoms with van der Waals surface area (Å²) in [6.07, 6.45) is 2.30. The lowest BCUT2D eigenvalue weighted by atomic mass is 10.1. The summed E-state index contributed by atoms with van der Waals surface area (Å²) >= 11 is 0. The number of fused-ring (bicyclic) bond motifs is 1. The Morgan fingerprint density at radius 3 is 2.86 bits per heavy atom. The molecule has 0 aliphatic carbocycles. The van der Waals surface area contributed by atoms with Gasteiger partial charge in [-0.15, -0.1) is 10.2 Å². The smallest absolute Gasteiger partial charge is 0.292 e. The summed E-state index contributed by atoms with van der Waals surface area (Å²) in [7, 11) is 1.76. The second-order valence-electron chi connectivity index (χ2n) is 5.44. The maximum atomic E-state index is 12.8. The van der Waals surface area contributed by atoms with Crippen molar-refractivity contribution in [2.24, 2.45) is 0 Å². The molecule has 0 radical (unpaired) electrons. The fraction of sp³-hybridized carbons (Fsp3) is 0.500. The summed E-state index contributed by atoms with van der Waals surface area (Å²) in [5, 5.41) is 7.90. The van der Waals surface area contributed by atoms with Gasteiger partial charge in [-0.3, -0.25) is 14.0 Å². The van der Waals surface area contributed by atoms with Crippen LogP contribution in [0, 0.1) is 6.92 Å².